The summed E-state index contributed by atoms with van der Waals surface area (Å²) in [7, 11) is -9.92. The van der Waals surface area contributed by atoms with Crippen molar-refractivity contribution in [1.29, 1.82) is 0 Å². The minimum absolute atomic E-state index is 0.106. The lowest BCUT2D eigenvalue weighted by atomic mass is 9.99. The summed E-state index contributed by atoms with van der Waals surface area (Å²) >= 11 is 0. The first-order chi connectivity index (χ1) is 49.3. The SMILES string of the molecule is CCCCCCCCCCCCCCCCCCCCCCC(=O)O[C@H](COC(=O)CCCCCCCCCCCCCCCCC(C)CC)COP(=O)(O)OC[C@@H](O)COP(=O)(O)OC[C@@H](COC(=O)CCCCCCCCCC(C)C)OC(=O)CCCCCCCCCCCCCC(C)C. The van der Waals surface area contributed by atoms with Crippen LogP contribution in [0.25, 0.3) is 0 Å². The number of rotatable bonds is 81. The summed E-state index contributed by atoms with van der Waals surface area (Å²) in [6, 6.07) is 0. The van der Waals surface area contributed by atoms with Gasteiger partial charge in [-0.05, 0) is 43.4 Å². The van der Waals surface area contributed by atoms with Crippen molar-refractivity contribution >= 4 is 39.5 Å². The van der Waals surface area contributed by atoms with Crippen molar-refractivity contribution in [1.82, 2.24) is 0 Å². The van der Waals surface area contributed by atoms with Crippen LogP contribution in [0.15, 0.2) is 0 Å². The van der Waals surface area contributed by atoms with Crippen LogP contribution in [0.5, 0.6) is 0 Å². The van der Waals surface area contributed by atoms with Gasteiger partial charge in [0, 0.05) is 25.7 Å². The third kappa shape index (κ3) is 74.9. The van der Waals surface area contributed by atoms with Gasteiger partial charge in [-0.3, -0.25) is 37.3 Å². The molecule has 0 rings (SSSR count). The first-order valence-corrected chi connectivity index (χ1v) is 45.9. The zero-order valence-electron chi connectivity index (χ0n) is 67.1. The summed E-state index contributed by atoms with van der Waals surface area (Å²) in [5.41, 5.74) is 0. The number of hydrogen-bond donors (Lipinski definition) is 3. The highest BCUT2D eigenvalue weighted by molar-refractivity contribution is 7.47. The largest absolute Gasteiger partial charge is 0.472 e. The third-order valence-electron chi connectivity index (χ3n) is 19.7. The topological polar surface area (TPSA) is 237 Å². The summed E-state index contributed by atoms with van der Waals surface area (Å²) in [6.07, 6.45) is 62.5. The van der Waals surface area contributed by atoms with E-state index in [1.807, 2.05) is 0 Å². The minimum atomic E-state index is -4.96. The lowest BCUT2D eigenvalue weighted by molar-refractivity contribution is -0.161. The summed E-state index contributed by atoms with van der Waals surface area (Å²) < 4.78 is 68.8. The van der Waals surface area contributed by atoms with Gasteiger partial charge in [0.25, 0.3) is 0 Å². The molecular formula is C83H162O17P2. The standard InChI is InChI=1S/C83H162O17P2/c1-8-10-11-12-13-14-15-16-17-18-19-20-21-22-27-32-37-44-52-59-66-82(87)99-78(70-93-80(85)64-57-50-43-36-31-26-24-23-25-30-35-42-49-56-63-76(7)9-2)72-97-101(89,90)95-68-77(84)69-96-102(91,92)98-73-79(71-94-81(86)65-58-51-46-39-41-48-55-62-75(5)6)100-83(88)67-60-53-45-38-33-28-29-34-40-47-54-61-74(3)4/h74-79,84H,8-73H2,1-7H3,(H,89,90)(H,91,92)/t76?,77-,78-,79-/m1/s1. The molecule has 3 unspecified atom stereocenters. The van der Waals surface area contributed by atoms with Crippen LogP contribution in [0.4, 0.5) is 0 Å². The zero-order chi connectivity index (χ0) is 75.1. The normalized spacial score (nSPS) is 14.2. The van der Waals surface area contributed by atoms with E-state index in [0.717, 1.165) is 108 Å². The molecule has 606 valence electrons. The highest BCUT2D eigenvalue weighted by atomic mass is 31.2. The Hall–Kier alpha value is -1.94. The number of phosphoric ester groups is 2. The van der Waals surface area contributed by atoms with Crippen LogP contribution in [-0.2, 0) is 65.4 Å². The summed E-state index contributed by atoms with van der Waals surface area (Å²) in [4.78, 5) is 73.1. The van der Waals surface area contributed by atoms with E-state index in [2.05, 4.69) is 48.5 Å². The van der Waals surface area contributed by atoms with E-state index in [-0.39, 0.29) is 25.7 Å². The molecule has 19 heteroatoms. The fourth-order valence-corrected chi connectivity index (χ4v) is 14.4. The molecule has 0 heterocycles. The van der Waals surface area contributed by atoms with Gasteiger partial charge in [0.15, 0.2) is 12.2 Å². The number of aliphatic hydroxyl groups is 1. The van der Waals surface area contributed by atoms with E-state index in [1.54, 1.807) is 0 Å². The smallest absolute Gasteiger partial charge is 0.462 e. The number of carbonyl (C=O) groups excluding carboxylic acids is 4. The molecule has 102 heavy (non-hydrogen) atoms. The maximum atomic E-state index is 13.1. The van der Waals surface area contributed by atoms with Gasteiger partial charge in [-0.2, -0.15) is 0 Å². The second-order valence-corrected chi connectivity index (χ2v) is 34.0. The molecule has 0 fully saturated rings. The van der Waals surface area contributed by atoms with Gasteiger partial charge in [-0.1, -0.05) is 382 Å². The molecule has 0 aliphatic heterocycles. The van der Waals surface area contributed by atoms with Crippen molar-refractivity contribution < 1.29 is 80.2 Å². The second-order valence-electron chi connectivity index (χ2n) is 31.1. The average molecular weight is 1490 g/mol. The van der Waals surface area contributed by atoms with E-state index in [1.165, 1.54) is 238 Å². The zero-order valence-corrected chi connectivity index (χ0v) is 68.9. The molecular weight excluding hydrogens is 1330 g/mol. The lowest BCUT2D eigenvalue weighted by Crippen LogP contribution is -2.30. The summed E-state index contributed by atoms with van der Waals surface area (Å²) in [5.74, 6) is 0.210. The Kier molecular flexibility index (Phi) is 71.8. The maximum Gasteiger partial charge on any atom is 0.472 e. The molecule has 3 N–H and O–H groups in total. The van der Waals surface area contributed by atoms with E-state index < -0.39 is 97.5 Å². The molecule has 6 atom stereocenters. The Morgan fingerprint density at radius 3 is 0.745 bits per heavy atom. The quantitative estimate of drug-likeness (QED) is 0.0222. The number of carbonyl (C=O) groups is 4. The van der Waals surface area contributed by atoms with Crippen molar-refractivity contribution in [2.24, 2.45) is 17.8 Å². The van der Waals surface area contributed by atoms with Gasteiger partial charge >= 0.3 is 39.5 Å². The molecule has 0 aliphatic rings. The number of phosphoric acid groups is 2. The molecule has 0 aromatic carbocycles. The van der Waals surface area contributed by atoms with E-state index in [4.69, 9.17) is 37.0 Å². The predicted molar refractivity (Wildman–Crippen MR) is 418 cm³/mol. The Morgan fingerprint density at radius 2 is 0.500 bits per heavy atom. The molecule has 0 radical (unpaired) electrons. The fraction of sp³-hybridized carbons (Fsp3) is 0.952. The van der Waals surface area contributed by atoms with Crippen molar-refractivity contribution in [2.75, 3.05) is 39.6 Å². The van der Waals surface area contributed by atoms with Crippen molar-refractivity contribution in [3.63, 3.8) is 0 Å². The maximum absolute atomic E-state index is 13.1. The van der Waals surface area contributed by atoms with Crippen LogP contribution >= 0.6 is 15.6 Å². The molecule has 0 amide bonds. The van der Waals surface area contributed by atoms with Crippen LogP contribution in [0, 0.1) is 17.8 Å². The average Bonchev–Trinajstić information content (AvgIpc) is 0.916. The predicted octanol–water partition coefficient (Wildman–Crippen LogP) is 24.9. The van der Waals surface area contributed by atoms with Gasteiger partial charge in [-0.25, -0.2) is 9.13 Å². The first-order valence-electron chi connectivity index (χ1n) is 42.9. The highest BCUT2D eigenvalue weighted by Gasteiger charge is 2.30. The summed E-state index contributed by atoms with van der Waals surface area (Å²) in [5, 5.41) is 10.7. The van der Waals surface area contributed by atoms with Crippen molar-refractivity contribution in [3.05, 3.63) is 0 Å². The number of hydrogen-bond acceptors (Lipinski definition) is 15. The third-order valence-corrected chi connectivity index (χ3v) is 21.6. The van der Waals surface area contributed by atoms with Gasteiger partial charge in [0.05, 0.1) is 26.4 Å². The first kappa shape index (κ1) is 100. The molecule has 17 nitrogen and oxygen atoms in total. The van der Waals surface area contributed by atoms with Crippen LogP contribution in [-0.4, -0.2) is 96.7 Å². The number of aliphatic hydroxyl groups excluding tert-OH is 1. The molecule has 0 aromatic heterocycles. The van der Waals surface area contributed by atoms with Crippen molar-refractivity contribution in [3.8, 4) is 0 Å². The van der Waals surface area contributed by atoms with Crippen LogP contribution in [0.3, 0.4) is 0 Å². The second kappa shape index (κ2) is 73.2. The van der Waals surface area contributed by atoms with Crippen LogP contribution in [0.2, 0.25) is 0 Å². The van der Waals surface area contributed by atoms with E-state index in [0.29, 0.717) is 31.6 Å². The van der Waals surface area contributed by atoms with Gasteiger partial charge in [-0.15, -0.1) is 0 Å². The number of ether oxygens (including phenoxy) is 4. The minimum Gasteiger partial charge on any atom is -0.462 e. The number of unbranched alkanes of at least 4 members (excludes halogenated alkanes) is 48. The molecule has 0 aliphatic carbocycles. The van der Waals surface area contributed by atoms with Gasteiger partial charge < -0.3 is 33.8 Å². The Morgan fingerprint density at radius 1 is 0.284 bits per heavy atom. The number of esters is 4. The van der Waals surface area contributed by atoms with Gasteiger partial charge in [0.2, 0.25) is 0 Å². The van der Waals surface area contributed by atoms with Crippen LogP contribution in [0.1, 0.15) is 434 Å². The summed E-state index contributed by atoms with van der Waals surface area (Å²) in [6.45, 7) is 12.0. The van der Waals surface area contributed by atoms with E-state index >= 15 is 0 Å². The van der Waals surface area contributed by atoms with Crippen molar-refractivity contribution in [2.45, 2.75) is 452 Å². The molecule has 0 saturated carbocycles. The lowest BCUT2D eigenvalue weighted by Gasteiger charge is -2.21. The van der Waals surface area contributed by atoms with Gasteiger partial charge in [0.1, 0.15) is 19.3 Å². The molecule has 0 bridgehead atoms. The van der Waals surface area contributed by atoms with Crippen LogP contribution < -0.4 is 0 Å². The highest BCUT2D eigenvalue weighted by Crippen LogP contribution is 2.45. The Bertz CT molecular complexity index is 1980. The van der Waals surface area contributed by atoms with E-state index in [9.17, 15) is 43.2 Å². The molecule has 0 aromatic rings. The Labute approximate surface area is 626 Å². The molecule has 0 spiro atoms. The Balaban J connectivity index is 5.24. The fourth-order valence-electron chi connectivity index (χ4n) is 12.8. The molecule has 0 saturated heterocycles. The monoisotopic (exact) mass is 1490 g/mol.